The highest BCUT2D eigenvalue weighted by molar-refractivity contribution is 7.16. The fourth-order valence-electron chi connectivity index (χ4n) is 1.61. The van der Waals surface area contributed by atoms with Crippen molar-refractivity contribution in [1.29, 1.82) is 0 Å². The highest BCUT2D eigenvalue weighted by Crippen LogP contribution is 2.29. The van der Waals surface area contributed by atoms with E-state index in [2.05, 4.69) is 5.32 Å². The van der Waals surface area contributed by atoms with Crippen LogP contribution in [0.4, 0.5) is 5.00 Å². The van der Waals surface area contributed by atoms with E-state index in [1.807, 2.05) is 0 Å². The molecule has 0 atom stereocenters. The summed E-state index contributed by atoms with van der Waals surface area (Å²) in [5.41, 5.74) is 0.131. The van der Waals surface area contributed by atoms with Crippen LogP contribution in [-0.2, 0) is 0 Å². The molecule has 1 amide bonds. The van der Waals surface area contributed by atoms with Crippen LogP contribution < -0.4 is 5.32 Å². The van der Waals surface area contributed by atoms with Crippen molar-refractivity contribution < 1.29 is 24.9 Å². The first-order valence-electron chi connectivity index (χ1n) is 5.55. The molecule has 1 heterocycles. The standard InChI is InChI=1S/C13H11NO5S/c1-6-4-8(13(18)19)12(20-6)14-11(17)7-2-3-9(15)10(16)5-7/h2-5,15-16H,1H3,(H,14,17)(H,18,19). The maximum absolute atomic E-state index is 12.0. The molecule has 104 valence electrons. The van der Waals surface area contributed by atoms with Gasteiger partial charge < -0.3 is 20.6 Å². The van der Waals surface area contributed by atoms with Gasteiger partial charge in [0.1, 0.15) is 5.00 Å². The summed E-state index contributed by atoms with van der Waals surface area (Å²) in [7, 11) is 0. The van der Waals surface area contributed by atoms with Crippen molar-refractivity contribution in [2.75, 3.05) is 5.32 Å². The molecule has 0 aliphatic carbocycles. The Morgan fingerprint density at radius 1 is 1.15 bits per heavy atom. The summed E-state index contributed by atoms with van der Waals surface area (Å²) < 4.78 is 0. The molecule has 0 saturated carbocycles. The molecule has 0 spiro atoms. The number of carbonyl (C=O) groups is 2. The molecule has 2 rings (SSSR count). The molecule has 20 heavy (non-hydrogen) atoms. The Labute approximate surface area is 117 Å². The SMILES string of the molecule is Cc1cc(C(=O)O)c(NC(=O)c2ccc(O)c(O)c2)s1. The Kier molecular flexibility index (Phi) is 3.62. The number of hydrogen-bond acceptors (Lipinski definition) is 5. The van der Waals surface area contributed by atoms with Crippen LogP contribution in [0.15, 0.2) is 24.3 Å². The van der Waals surface area contributed by atoms with Crippen LogP contribution in [0.2, 0.25) is 0 Å². The highest BCUT2D eigenvalue weighted by atomic mass is 32.1. The van der Waals surface area contributed by atoms with E-state index in [9.17, 15) is 19.8 Å². The number of aromatic carboxylic acids is 1. The number of hydrogen-bond donors (Lipinski definition) is 4. The lowest BCUT2D eigenvalue weighted by Crippen LogP contribution is -2.13. The number of phenols is 2. The van der Waals surface area contributed by atoms with Crippen LogP contribution in [0.1, 0.15) is 25.6 Å². The monoisotopic (exact) mass is 293 g/mol. The lowest BCUT2D eigenvalue weighted by molar-refractivity contribution is 0.0698. The van der Waals surface area contributed by atoms with E-state index < -0.39 is 17.6 Å². The molecule has 1 aromatic heterocycles. The van der Waals surface area contributed by atoms with Gasteiger partial charge in [-0.05, 0) is 31.2 Å². The zero-order valence-corrected chi connectivity index (χ0v) is 11.2. The fraction of sp³-hybridized carbons (Fsp3) is 0.0769. The van der Waals surface area contributed by atoms with Crippen molar-refractivity contribution in [3.63, 3.8) is 0 Å². The van der Waals surface area contributed by atoms with Crippen molar-refractivity contribution in [3.8, 4) is 11.5 Å². The van der Waals surface area contributed by atoms with Crippen LogP contribution in [0.3, 0.4) is 0 Å². The van der Waals surface area contributed by atoms with Gasteiger partial charge in [-0.3, -0.25) is 4.79 Å². The van der Waals surface area contributed by atoms with Crippen LogP contribution in [0.5, 0.6) is 11.5 Å². The number of aryl methyl sites for hydroxylation is 1. The van der Waals surface area contributed by atoms with Crippen LogP contribution in [0.25, 0.3) is 0 Å². The van der Waals surface area contributed by atoms with Gasteiger partial charge in [0.15, 0.2) is 11.5 Å². The Morgan fingerprint density at radius 3 is 2.45 bits per heavy atom. The predicted octanol–water partition coefficient (Wildman–Crippen LogP) is 2.42. The molecule has 2 aromatic rings. The maximum Gasteiger partial charge on any atom is 0.338 e. The number of rotatable bonds is 3. The number of carbonyl (C=O) groups excluding carboxylic acids is 1. The molecule has 0 aliphatic rings. The van der Waals surface area contributed by atoms with Crippen molar-refractivity contribution >= 4 is 28.2 Å². The second kappa shape index (κ2) is 5.22. The zero-order chi connectivity index (χ0) is 14.9. The van der Waals surface area contributed by atoms with Crippen molar-refractivity contribution in [3.05, 3.63) is 40.3 Å². The summed E-state index contributed by atoms with van der Waals surface area (Å²) in [5, 5.41) is 30.3. The van der Waals surface area contributed by atoms with Gasteiger partial charge in [0.2, 0.25) is 0 Å². The Hall–Kier alpha value is -2.54. The average molecular weight is 293 g/mol. The van der Waals surface area contributed by atoms with E-state index in [1.165, 1.54) is 18.2 Å². The maximum atomic E-state index is 12.0. The minimum atomic E-state index is -1.13. The molecule has 0 fully saturated rings. The van der Waals surface area contributed by atoms with Gasteiger partial charge in [-0.25, -0.2) is 4.79 Å². The van der Waals surface area contributed by atoms with E-state index in [4.69, 9.17) is 5.11 Å². The molecule has 0 bridgehead atoms. The smallest absolute Gasteiger partial charge is 0.338 e. The Balaban J connectivity index is 2.27. The summed E-state index contributed by atoms with van der Waals surface area (Å²) >= 11 is 1.15. The third-order valence-electron chi connectivity index (χ3n) is 2.55. The van der Waals surface area contributed by atoms with E-state index in [1.54, 1.807) is 6.92 Å². The average Bonchev–Trinajstić information content (AvgIpc) is 2.73. The number of phenolic OH excluding ortho intramolecular Hbond substituents is 2. The topological polar surface area (TPSA) is 107 Å². The molecule has 0 radical (unpaired) electrons. The van der Waals surface area contributed by atoms with E-state index in [-0.39, 0.29) is 21.9 Å². The molecular weight excluding hydrogens is 282 g/mol. The Morgan fingerprint density at radius 2 is 1.85 bits per heavy atom. The predicted molar refractivity (Wildman–Crippen MR) is 73.7 cm³/mol. The fourth-order valence-corrected chi connectivity index (χ4v) is 2.50. The molecule has 0 aliphatic heterocycles. The molecule has 0 unspecified atom stereocenters. The molecule has 4 N–H and O–H groups in total. The molecular formula is C13H11NO5S. The third-order valence-corrected chi connectivity index (χ3v) is 3.52. The summed E-state index contributed by atoms with van der Waals surface area (Å²) in [4.78, 5) is 23.8. The van der Waals surface area contributed by atoms with Crippen LogP contribution in [-0.4, -0.2) is 27.2 Å². The number of aromatic hydroxyl groups is 2. The number of anilines is 1. The van der Waals surface area contributed by atoms with Crippen molar-refractivity contribution in [2.45, 2.75) is 6.92 Å². The molecule has 0 saturated heterocycles. The third kappa shape index (κ3) is 2.72. The number of benzene rings is 1. The van der Waals surface area contributed by atoms with Gasteiger partial charge in [-0.15, -0.1) is 11.3 Å². The number of thiophene rings is 1. The summed E-state index contributed by atoms with van der Waals surface area (Å²) in [6.45, 7) is 1.74. The van der Waals surface area contributed by atoms with E-state index in [0.29, 0.717) is 0 Å². The van der Waals surface area contributed by atoms with Crippen molar-refractivity contribution in [2.24, 2.45) is 0 Å². The van der Waals surface area contributed by atoms with Crippen LogP contribution in [0, 0.1) is 6.92 Å². The normalized spacial score (nSPS) is 10.2. The lowest BCUT2D eigenvalue weighted by Gasteiger charge is -2.05. The van der Waals surface area contributed by atoms with E-state index in [0.717, 1.165) is 22.3 Å². The van der Waals surface area contributed by atoms with Gasteiger partial charge >= 0.3 is 5.97 Å². The summed E-state index contributed by atoms with van der Waals surface area (Å²) in [5.74, 6) is -2.44. The quantitative estimate of drug-likeness (QED) is 0.650. The van der Waals surface area contributed by atoms with Gasteiger partial charge in [-0.1, -0.05) is 0 Å². The molecule has 7 heteroatoms. The van der Waals surface area contributed by atoms with E-state index >= 15 is 0 Å². The summed E-state index contributed by atoms with van der Waals surface area (Å²) in [6, 6.07) is 5.08. The number of carboxylic acids is 1. The van der Waals surface area contributed by atoms with Gasteiger partial charge in [0.25, 0.3) is 5.91 Å². The summed E-state index contributed by atoms with van der Waals surface area (Å²) in [6.07, 6.45) is 0. The van der Waals surface area contributed by atoms with Crippen molar-refractivity contribution in [1.82, 2.24) is 0 Å². The highest BCUT2D eigenvalue weighted by Gasteiger charge is 2.17. The van der Waals surface area contributed by atoms with Crippen LogP contribution >= 0.6 is 11.3 Å². The lowest BCUT2D eigenvalue weighted by atomic mass is 10.2. The number of nitrogens with one attached hydrogen (secondary N) is 1. The zero-order valence-electron chi connectivity index (χ0n) is 10.4. The molecule has 6 nitrogen and oxygen atoms in total. The first-order valence-corrected chi connectivity index (χ1v) is 6.37. The van der Waals surface area contributed by atoms with Gasteiger partial charge in [0.05, 0.1) is 5.56 Å². The largest absolute Gasteiger partial charge is 0.504 e. The minimum Gasteiger partial charge on any atom is -0.504 e. The minimum absolute atomic E-state index is 0.0175. The number of amides is 1. The van der Waals surface area contributed by atoms with Gasteiger partial charge in [0, 0.05) is 10.4 Å². The van der Waals surface area contributed by atoms with Gasteiger partial charge in [-0.2, -0.15) is 0 Å². The second-order valence-corrected chi connectivity index (χ2v) is 5.32. The number of carboxylic acid groups (broad SMARTS) is 1. The Bertz CT molecular complexity index is 692. The first-order chi connectivity index (χ1) is 9.38. The first kappa shape index (κ1) is 13.9. The second-order valence-electron chi connectivity index (χ2n) is 4.06. The molecule has 1 aromatic carbocycles.